The molecule has 0 radical (unpaired) electrons. The minimum Gasteiger partial charge on any atom is -0.381 e. The van der Waals surface area contributed by atoms with Crippen LogP contribution in [0.4, 0.5) is 0 Å². The molecule has 0 atom stereocenters. The molecule has 0 aromatic rings. The van der Waals surface area contributed by atoms with Gasteiger partial charge in [0.05, 0.1) is 6.61 Å². The van der Waals surface area contributed by atoms with Gasteiger partial charge >= 0.3 is 0 Å². The second kappa shape index (κ2) is 14.4. The summed E-state index contributed by atoms with van der Waals surface area (Å²) in [4.78, 5) is 0. The van der Waals surface area contributed by atoms with Crippen LogP contribution in [0, 0.1) is 11.8 Å². The van der Waals surface area contributed by atoms with Crippen molar-refractivity contribution in [2.45, 2.75) is 39.0 Å². The predicted octanol–water partition coefficient (Wildman–Crippen LogP) is 1.95. The van der Waals surface area contributed by atoms with Crippen LogP contribution in [0.3, 0.4) is 0 Å². The maximum absolute atomic E-state index is 5.42. The minimum absolute atomic E-state index is 0.717. The number of rotatable bonds is 11. The van der Waals surface area contributed by atoms with E-state index in [0.29, 0.717) is 6.54 Å². The van der Waals surface area contributed by atoms with Crippen molar-refractivity contribution in [1.82, 2.24) is 0 Å². The van der Waals surface area contributed by atoms with Gasteiger partial charge in [0, 0.05) is 26.2 Å². The summed E-state index contributed by atoms with van der Waals surface area (Å²) in [5, 5.41) is 0. The fourth-order valence-corrected chi connectivity index (χ4v) is 1.22. The molecular weight excluding hydrogens is 202 g/mol. The smallest absolute Gasteiger partial charge is 0.0575 e. The first-order chi connectivity index (χ1) is 7.91. The molecule has 0 aliphatic carbocycles. The van der Waals surface area contributed by atoms with E-state index in [2.05, 4.69) is 11.8 Å². The van der Waals surface area contributed by atoms with Crippen LogP contribution >= 0.6 is 0 Å². The molecule has 0 fully saturated rings. The number of hydrogen-bond donors (Lipinski definition) is 1. The van der Waals surface area contributed by atoms with Gasteiger partial charge in [-0.2, -0.15) is 0 Å². The lowest BCUT2D eigenvalue weighted by Crippen LogP contribution is -2.05. The summed E-state index contributed by atoms with van der Waals surface area (Å²) in [6, 6.07) is 0. The van der Waals surface area contributed by atoms with E-state index < -0.39 is 0 Å². The average Bonchev–Trinajstić information content (AvgIpc) is 2.31. The fourth-order valence-electron chi connectivity index (χ4n) is 1.22. The molecule has 0 heterocycles. The second-order valence-corrected chi connectivity index (χ2v) is 3.60. The van der Waals surface area contributed by atoms with E-state index in [1.54, 1.807) is 0 Å². The molecular formula is C13H25NO2. The molecule has 16 heavy (non-hydrogen) atoms. The van der Waals surface area contributed by atoms with Crippen LogP contribution in [-0.2, 0) is 9.47 Å². The quantitative estimate of drug-likeness (QED) is 0.433. The van der Waals surface area contributed by atoms with Gasteiger partial charge in [-0.15, -0.1) is 11.8 Å². The van der Waals surface area contributed by atoms with E-state index >= 15 is 0 Å². The molecule has 0 unspecified atom stereocenters. The van der Waals surface area contributed by atoms with Gasteiger partial charge in [0.2, 0.25) is 0 Å². The zero-order valence-electron chi connectivity index (χ0n) is 10.5. The highest BCUT2D eigenvalue weighted by atomic mass is 16.5. The molecule has 0 bridgehead atoms. The Bertz CT molecular complexity index is 184. The van der Waals surface area contributed by atoms with Gasteiger partial charge in [-0.3, -0.25) is 0 Å². The Kier molecular flexibility index (Phi) is 13.9. The van der Waals surface area contributed by atoms with Crippen LogP contribution in [0.25, 0.3) is 0 Å². The molecule has 0 amide bonds. The van der Waals surface area contributed by atoms with Crippen LogP contribution in [0.15, 0.2) is 0 Å². The van der Waals surface area contributed by atoms with Gasteiger partial charge in [0.25, 0.3) is 0 Å². The maximum Gasteiger partial charge on any atom is 0.0575 e. The van der Waals surface area contributed by atoms with E-state index in [9.17, 15) is 0 Å². The third kappa shape index (κ3) is 13.4. The summed E-state index contributed by atoms with van der Waals surface area (Å²) in [6.07, 6.45) is 5.20. The van der Waals surface area contributed by atoms with E-state index in [-0.39, 0.29) is 0 Å². The number of hydrogen-bond acceptors (Lipinski definition) is 3. The van der Waals surface area contributed by atoms with Crippen molar-refractivity contribution in [1.29, 1.82) is 0 Å². The van der Waals surface area contributed by atoms with E-state index in [1.807, 2.05) is 6.92 Å². The van der Waals surface area contributed by atoms with Crippen molar-refractivity contribution in [3.63, 3.8) is 0 Å². The number of ether oxygens (including phenoxy) is 2. The van der Waals surface area contributed by atoms with Crippen LogP contribution in [-0.4, -0.2) is 33.0 Å². The largest absolute Gasteiger partial charge is 0.381 e. The molecule has 3 heteroatoms. The normalized spacial score (nSPS) is 9.88. The number of nitrogens with two attached hydrogens (primary N) is 1. The van der Waals surface area contributed by atoms with Gasteiger partial charge in [0.1, 0.15) is 0 Å². The Morgan fingerprint density at radius 1 is 0.875 bits per heavy atom. The lowest BCUT2D eigenvalue weighted by Gasteiger charge is -2.03. The van der Waals surface area contributed by atoms with Crippen molar-refractivity contribution in [2.24, 2.45) is 5.73 Å². The fraction of sp³-hybridized carbons (Fsp3) is 0.846. The van der Waals surface area contributed by atoms with E-state index in [4.69, 9.17) is 15.2 Å². The molecule has 94 valence electrons. The second-order valence-electron chi connectivity index (χ2n) is 3.60. The third-order valence-corrected chi connectivity index (χ3v) is 2.12. The Hall–Kier alpha value is -0.560. The van der Waals surface area contributed by atoms with Crippen molar-refractivity contribution < 1.29 is 9.47 Å². The van der Waals surface area contributed by atoms with Crippen molar-refractivity contribution in [3.8, 4) is 11.8 Å². The SMILES string of the molecule is CC#CCCOCCCCCOCCCN. The zero-order chi connectivity index (χ0) is 11.9. The lowest BCUT2D eigenvalue weighted by molar-refractivity contribution is 0.116. The van der Waals surface area contributed by atoms with Gasteiger partial charge in [-0.1, -0.05) is 0 Å². The van der Waals surface area contributed by atoms with Crippen molar-refractivity contribution in [2.75, 3.05) is 33.0 Å². The Balaban J connectivity index is 2.89. The van der Waals surface area contributed by atoms with Crippen molar-refractivity contribution >= 4 is 0 Å². The summed E-state index contributed by atoms with van der Waals surface area (Å²) in [7, 11) is 0. The maximum atomic E-state index is 5.42. The molecule has 0 aliphatic heterocycles. The molecule has 0 saturated carbocycles. The third-order valence-electron chi connectivity index (χ3n) is 2.12. The Morgan fingerprint density at radius 2 is 1.50 bits per heavy atom. The molecule has 0 rings (SSSR count). The molecule has 0 aromatic heterocycles. The van der Waals surface area contributed by atoms with Crippen molar-refractivity contribution in [3.05, 3.63) is 0 Å². The molecule has 0 spiro atoms. The van der Waals surface area contributed by atoms with E-state index in [1.165, 1.54) is 6.42 Å². The van der Waals surface area contributed by atoms with Gasteiger partial charge in [-0.25, -0.2) is 0 Å². The minimum atomic E-state index is 0.717. The predicted molar refractivity (Wildman–Crippen MR) is 67.2 cm³/mol. The summed E-state index contributed by atoms with van der Waals surface area (Å²) in [5.41, 5.74) is 5.35. The number of unbranched alkanes of at least 4 members (excludes halogenated alkanes) is 2. The van der Waals surface area contributed by atoms with Crippen LogP contribution in [0.2, 0.25) is 0 Å². The summed E-state index contributed by atoms with van der Waals surface area (Å²) >= 11 is 0. The van der Waals surface area contributed by atoms with Crippen LogP contribution < -0.4 is 5.73 Å². The summed E-state index contributed by atoms with van der Waals surface area (Å²) in [6.45, 7) is 5.81. The molecule has 0 aromatic carbocycles. The Morgan fingerprint density at radius 3 is 2.12 bits per heavy atom. The molecule has 0 saturated heterocycles. The molecule has 2 N–H and O–H groups in total. The highest BCUT2D eigenvalue weighted by Crippen LogP contribution is 1.97. The first-order valence-electron chi connectivity index (χ1n) is 6.17. The average molecular weight is 227 g/mol. The topological polar surface area (TPSA) is 44.5 Å². The van der Waals surface area contributed by atoms with E-state index in [0.717, 1.165) is 52.1 Å². The Labute approximate surface area is 99.7 Å². The molecule has 0 aliphatic rings. The summed E-state index contributed by atoms with van der Waals surface area (Å²) < 4.78 is 10.8. The first-order valence-corrected chi connectivity index (χ1v) is 6.17. The van der Waals surface area contributed by atoms with Crippen LogP contribution in [0.1, 0.15) is 39.0 Å². The van der Waals surface area contributed by atoms with Gasteiger partial charge in [0.15, 0.2) is 0 Å². The highest BCUT2D eigenvalue weighted by molar-refractivity contribution is 4.94. The van der Waals surface area contributed by atoms with Gasteiger partial charge < -0.3 is 15.2 Å². The lowest BCUT2D eigenvalue weighted by atomic mass is 10.2. The standard InChI is InChI=1S/C13H25NO2/c1-2-3-5-10-15-11-6-4-7-12-16-13-8-9-14/h4-14H2,1H3. The van der Waals surface area contributed by atoms with Gasteiger partial charge in [-0.05, 0) is 39.2 Å². The summed E-state index contributed by atoms with van der Waals surface area (Å²) in [5.74, 6) is 5.82. The monoisotopic (exact) mass is 227 g/mol. The van der Waals surface area contributed by atoms with Crippen LogP contribution in [0.5, 0.6) is 0 Å². The first kappa shape index (κ1) is 15.4. The highest BCUT2D eigenvalue weighted by Gasteiger charge is 1.91. The molecule has 3 nitrogen and oxygen atoms in total. The zero-order valence-corrected chi connectivity index (χ0v) is 10.5.